The molecule has 0 N–H and O–H groups in total. The van der Waals surface area contributed by atoms with E-state index in [2.05, 4.69) is 15.9 Å². The van der Waals surface area contributed by atoms with Gasteiger partial charge in [0.15, 0.2) is 5.78 Å². The highest BCUT2D eigenvalue weighted by atomic mass is 79.9. The molecule has 1 amide bonds. The molecule has 1 saturated heterocycles. The lowest BCUT2D eigenvalue weighted by atomic mass is 9.82. The van der Waals surface area contributed by atoms with Gasteiger partial charge < -0.3 is 4.90 Å². The summed E-state index contributed by atoms with van der Waals surface area (Å²) >= 11 is 3.44. The van der Waals surface area contributed by atoms with Gasteiger partial charge in [-0.05, 0) is 48.7 Å². The first-order valence-electron chi connectivity index (χ1n) is 7.32. The highest BCUT2D eigenvalue weighted by molar-refractivity contribution is 9.10. The molecule has 1 atom stereocenters. The van der Waals surface area contributed by atoms with Gasteiger partial charge in [0.1, 0.15) is 5.41 Å². The molecule has 22 heavy (non-hydrogen) atoms. The van der Waals surface area contributed by atoms with Crippen molar-refractivity contribution in [3.05, 3.63) is 64.1 Å². The molecule has 1 fully saturated rings. The summed E-state index contributed by atoms with van der Waals surface area (Å²) in [4.78, 5) is 27.6. The van der Waals surface area contributed by atoms with E-state index < -0.39 is 5.41 Å². The van der Waals surface area contributed by atoms with E-state index in [1.807, 2.05) is 48.5 Å². The molecule has 0 bridgehead atoms. The Hall–Kier alpha value is -1.94. The average molecular weight is 356 g/mol. The first-order chi connectivity index (χ1) is 10.6. The molecular formula is C18H14BrNO2. The minimum absolute atomic E-state index is 0.0153. The normalized spacial score (nSPS) is 23.4. The summed E-state index contributed by atoms with van der Waals surface area (Å²) in [6, 6.07) is 15.2. The molecular weight excluding hydrogens is 342 g/mol. The second kappa shape index (κ2) is 4.78. The third kappa shape index (κ3) is 1.80. The molecule has 2 aliphatic rings. The molecule has 1 unspecified atom stereocenters. The van der Waals surface area contributed by atoms with Crippen molar-refractivity contribution < 1.29 is 9.59 Å². The van der Waals surface area contributed by atoms with Crippen molar-refractivity contribution in [2.24, 2.45) is 5.41 Å². The molecule has 2 aromatic rings. The molecule has 110 valence electrons. The summed E-state index contributed by atoms with van der Waals surface area (Å²) in [5.74, 6) is -0.0746. The topological polar surface area (TPSA) is 37.4 Å². The SMILES string of the molecule is O=C1c2ccc(Br)cc2CC12CCN(c1ccccc1)C2=O. The quantitative estimate of drug-likeness (QED) is 0.732. The summed E-state index contributed by atoms with van der Waals surface area (Å²) < 4.78 is 0.946. The Kier molecular flexibility index (Phi) is 2.98. The van der Waals surface area contributed by atoms with E-state index in [0.29, 0.717) is 24.9 Å². The standard InChI is InChI=1S/C18H14BrNO2/c19-13-6-7-15-12(10-13)11-18(16(15)21)8-9-20(17(18)22)14-4-2-1-3-5-14/h1-7,10H,8-9,11H2. The van der Waals surface area contributed by atoms with Crippen LogP contribution in [0.15, 0.2) is 53.0 Å². The Morgan fingerprint density at radius 2 is 1.82 bits per heavy atom. The number of rotatable bonds is 1. The van der Waals surface area contributed by atoms with Crippen LogP contribution in [0.4, 0.5) is 5.69 Å². The lowest BCUT2D eigenvalue weighted by Gasteiger charge is -2.21. The molecule has 0 radical (unpaired) electrons. The van der Waals surface area contributed by atoms with Crippen LogP contribution in [-0.4, -0.2) is 18.2 Å². The number of hydrogen-bond donors (Lipinski definition) is 0. The van der Waals surface area contributed by atoms with Crippen molar-refractivity contribution in [1.82, 2.24) is 0 Å². The molecule has 0 saturated carbocycles. The van der Waals surface area contributed by atoms with Crippen LogP contribution >= 0.6 is 15.9 Å². The number of anilines is 1. The van der Waals surface area contributed by atoms with Crippen LogP contribution in [0.2, 0.25) is 0 Å². The van der Waals surface area contributed by atoms with Crippen LogP contribution in [0.25, 0.3) is 0 Å². The van der Waals surface area contributed by atoms with E-state index in [1.165, 1.54) is 0 Å². The summed E-state index contributed by atoms with van der Waals surface area (Å²) in [5, 5.41) is 0. The first kappa shape index (κ1) is 13.7. The highest BCUT2D eigenvalue weighted by Gasteiger charge is 2.56. The molecule has 1 aliphatic carbocycles. The predicted octanol–water partition coefficient (Wildman–Crippen LogP) is 3.61. The molecule has 0 aromatic heterocycles. The number of benzene rings is 2. The van der Waals surface area contributed by atoms with E-state index in [-0.39, 0.29) is 11.7 Å². The van der Waals surface area contributed by atoms with Crippen LogP contribution in [0.5, 0.6) is 0 Å². The van der Waals surface area contributed by atoms with Gasteiger partial charge >= 0.3 is 0 Å². The number of hydrogen-bond acceptors (Lipinski definition) is 2. The number of nitrogens with zero attached hydrogens (tertiary/aromatic N) is 1. The number of fused-ring (bicyclic) bond motifs is 1. The van der Waals surface area contributed by atoms with Crippen LogP contribution in [0.3, 0.4) is 0 Å². The van der Waals surface area contributed by atoms with Gasteiger partial charge in [0.25, 0.3) is 0 Å². The van der Waals surface area contributed by atoms with Crippen molar-refractivity contribution in [3.63, 3.8) is 0 Å². The zero-order valence-electron chi connectivity index (χ0n) is 11.9. The second-order valence-electron chi connectivity index (χ2n) is 5.93. The van der Waals surface area contributed by atoms with Gasteiger partial charge in [-0.2, -0.15) is 0 Å². The Morgan fingerprint density at radius 1 is 1.05 bits per heavy atom. The maximum absolute atomic E-state index is 13.0. The van der Waals surface area contributed by atoms with Gasteiger partial charge in [-0.1, -0.05) is 34.1 Å². The lowest BCUT2D eigenvalue weighted by molar-refractivity contribution is -0.123. The number of carbonyl (C=O) groups is 2. The summed E-state index contributed by atoms with van der Waals surface area (Å²) in [7, 11) is 0. The third-order valence-electron chi connectivity index (χ3n) is 4.72. The highest BCUT2D eigenvalue weighted by Crippen LogP contribution is 2.46. The average Bonchev–Trinajstić information content (AvgIpc) is 3.00. The first-order valence-corrected chi connectivity index (χ1v) is 8.11. The molecule has 1 heterocycles. The minimum Gasteiger partial charge on any atom is -0.311 e. The fraction of sp³-hybridized carbons (Fsp3) is 0.222. The fourth-order valence-electron chi connectivity index (χ4n) is 3.59. The third-order valence-corrected chi connectivity index (χ3v) is 5.22. The predicted molar refractivity (Wildman–Crippen MR) is 88.0 cm³/mol. The van der Waals surface area contributed by atoms with E-state index >= 15 is 0 Å². The number of amides is 1. The van der Waals surface area contributed by atoms with E-state index in [1.54, 1.807) is 4.90 Å². The molecule has 2 aromatic carbocycles. The van der Waals surface area contributed by atoms with Gasteiger partial charge in [-0.3, -0.25) is 9.59 Å². The van der Waals surface area contributed by atoms with Crippen molar-refractivity contribution in [1.29, 1.82) is 0 Å². The Balaban J connectivity index is 1.73. The van der Waals surface area contributed by atoms with E-state index in [4.69, 9.17) is 0 Å². The molecule has 4 rings (SSSR count). The monoisotopic (exact) mass is 355 g/mol. The van der Waals surface area contributed by atoms with Gasteiger partial charge in [0, 0.05) is 22.3 Å². The van der Waals surface area contributed by atoms with Crippen LogP contribution in [0, 0.1) is 5.41 Å². The molecule has 3 nitrogen and oxygen atoms in total. The van der Waals surface area contributed by atoms with Crippen molar-refractivity contribution in [3.8, 4) is 0 Å². The summed E-state index contributed by atoms with van der Waals surface area (Å²) in [6.07, 6.45) is 1.11. The Morgan fingerprint density at radius 3 is 2.59 bits per heavy atom. The van der Waals surface area contributed by atoms with Crippen LogP contribution < -0.4 is 4.90 Å². The number of para-hydroxylation sites is 1. The summed E-state index contributed by atoms with van der Waals surface area (Å²) in [5.41, 5.74) is 1.65. The number of Topliss-reactive ketones (excluding diaryl/α,β-unsaturated/α-hetero) is 1. The zero-order chi connectivity index (χ0) is 15.3. The van der Waals surface area contributed by atoms with Gasteiger partial charge in [-0.15, -0.1) is 0 Å². The molecule has 1 aliphatic heterocycles. The van der Waals surface area contributed by atoms with Crippen molar-refractivity contribution in [2.75, 3.05) is 11.4 Å². The van der Waals surface area contributed by atoms with Crippen LogP contribution in [0.1, 0.15) is 22.3 Å². The largest absolute Gasteiger partial charge is 0.311 e. The second-order valence-corrected chi connectivity index (χ2v) is 6.85. The number of halogens is 1. The zero-order valence-corrected chi connectivity index (χ0v) is 13.5. The summed E-state index contributed by atoms with van der Waals surface area (Å²) in [6.45, 7) is 0.601. The lowest BCUT2D eigenvalue weighted by Crippen LogP contribution is -2.38. The van der Waals surface area contributed by atoms with Gasteiger partial charge in [-0.25, -0.2) is 0 Å². The van der Waals surface area contributed by atoms with Gasteiger partial charge in [0.2, 0.25) is 5.91 Å². The minimum atomic E-state index is -0.890. The fourth-order valence-corrected chi connectivity index (χ4v) is 4.00. The Labute approximate surface area is 137 Å². The maximum atomic E-state index is 13.0. The van der Waals surface area contributed by atoms with E-state index in [9.17, 15) is 9.59 Å². The maximum Gasteiger partial charge on any atom is 0.241 e. The number of ketones is 1. The smallest absolute Gasteiger partial charge is 0.241 e. The van der Waals surface area contributed by atoms with E-state index in [0.717, 1.165) is 15.7 Å². The Bertz CT molecular complexity index is 787. The molecule has 1 spiro atoms. The van der Waals surface area contributed by atoms with Gasteiger partial charge in [0.05, 0.1) is 0 Å². The van der Waals surface area contributed by atoms with Crippen LogP contribution in [-0.2, 0) is 11.2 Å². The number of carbonyl (C=O) groups excluding carboxylic acids is 2. The van der Waals surface area contributed by atoms with Crippen molar-refractivity contribution >= 4 is 33.3 Å². The van der Waals surface area contributed by atoms with Crippen molar-refractivity contribution in [2.45, 2.75) is 12.8 Å². The molecule has 4 heteroatoms.